The number of rotatable bonds is 5. The van der Waals surface area contributed by atoms with Gasteiger partial charge in [-0.05, 0) is 68.5 Å². The molecule has 0 spiro atoms. The summed E-state index contributed by atoms with van der Waals surface area (Å²) in [5.74, 6) is 3.93. The van der Waals surface area contributed by atoms with E-state index in [2.05, 4.69) is 38.2 Å². The maximum absolute atomic E-state index is 5.74. The Labute approximate surface area is 122 Å². The fourth-order valence-electron chi connectivity index (χ4n) is 4.11. The van der Waals surface area contributed by atoms with Gasteiger partial charge in [0.15, 0.2) is 0 Å². The highest BCUT2D eigenvalue weighted by molar-refractivity contribution is 5.47. The van der Waals surface area contributed by atoms with Gasteiger partial charge >= 0.3 is 0 Å². The summed E-state index contributed by atoms with van der Waals surface area (Å²) in [5, 5.41) is 3.72. The van der Waals surface area contributed by atoms with Gasteiger partial charge in [-0.15, -0.1) is 0 Å². The maximum atomic E-state index is 5.74. The summed E-state index contributed by atoms with van der Waals surface area (Å²) in [4.78, 5) is 0. The topological polar surface area (TPSA) is 21.3 Å². The molecule has 0 amide bonds. The fourth-order valence-corrected chi connectivity index (χ4v) is 4.11. The molecule has 0 radical (unpaired) electrons. The lowest BCUT2D eigenvalue weighted by Crippen LogP contribution is -2.28. The van der Waals surface area contributed by atoms with Gasteiger partial charge in [0, 0.05) is 11.6 Å². The van der Waals surface area contributed by atoms with E-state index < -0.39 is 0 Å². The summed E-state index contributed by atoms with van der Waals surface area (Å²) in [6.45, 7) is 7.56. The van der Waals surface area contributed by atoms with Crippen LogP contribution in [0.3, 0.4) is 0 Å². The standard InChI is InChI=1S/C18H27NO/c1-5-19-17(15-9-13-8-14(13)10-15)16-7-6-11(2)12(3)18(16)20-4/h6-7,13-15,17,19H,5,8-10H2,1-4H3. The summed E-state index contributed by atoms with van der Waals surface area (Å²) >= 11 is 0. The molecule has 20 heavy (non-hydrogen) atoms. The van der Waals surface area contributed by atoms with Crippen LogP contribution in [0.15, 0.2) is 12.1 Å². The van der Waals surface area contributed by atoms with E-state index in [1.165, 1.54) is 36.0 Å². The van der Waals surface area contributed by atoms with Gasteiger partial charge in [-0.1, -0.05) is 19.1 Å². The number of nitrogens with one attached hydrogen (secondary N) is 1. The Balaban J connectivity index is 1.92. The first-order chi connectivity index (χ1) is 9.65. The van der Waals surface area contributed by atoms with Crippen LogP contribution < -0.4 is 10.1 Å². The van der Waals surface area contributed by atoms with Crippen LogP contribution in [-0.4, -0.2) is 13.7 Å². The van der Waals surface area contributed by atoms with Gasteiger partial charge in [-0.25, -0.2) is 0 Å². The summed E-state index contributed by atoms with van der Waals surface area (Å²) in [7, 11) is 1.81. The number of fused-ring (bicyclic) bond motifs is 1. The molecule has 3 rings (SSSR count). The first-order valence-electron chi connectivity index (χ1n) is 8.03. The fraction of sp³-hybridized carbons (Fsp3) is 0.667. The van der Waals surface area contributed by atoms with Crippen LogP contribution in [0.25, 0.3) is 0 Å². The van der Waals surface area contributed by atoms with E-state index in [1.807, 2.05) is 0 Å². The van der Waals surface area contributed by atoms with Gasteiger partial charge in [0.2, 0.25) is 0 Å². The van der Waals surface area contributed by atoms with Crippen molar-refractivity contribution in [2.75, 3.05) is 13.7 Å². The minimum atomic E-state index is 0.460. The van der Waals surface area contributed by atoms with E-state index in [0.717, 1.165) is 30.0 Å². The van der Waals surface area contributed by atoms with Gasteiger partial charge in [-0.3, -0.25) is 0 Å². The number of hydrogen-bond acceptors (Lipinski definition) is 2. The number of methoxy groups -OCH3 is 1. The van der Waals surface area contributed by atoms with Crippen LogP contribution in [0.4, 0.5) is 0 Å². The molecule has 2 aliphatic carbocycles. The Morgan fingerprint density at radius 3 is 2.50 bits per heavy atom. The molecule has 2 saturated carbocycles. The summed E-state index contributed by atoms with van der Waals surface area (Å²) in [6, 6.07) is 4.98. The Kier molecular flexibility index (Phi) is 3.76. The molecule has 3 atom stereocenters. The molecule has 3 unspecified atom stereocenters. The third-order valence-electron chi connectivity index (χ3n) is 5.42. The molecule has 2 fully saturated rings. The van der Waals surface area contributed by atoms with Gasteiger partial charge in [0.25, 0.3) is 0 Å². The zero-order chi connectivity index (χ0) is 14.3. The van der Waals surface area contributed by atoms with Gasteiger partial charge in [0.1, 0.15) is 5.75 Å². The summed E-state index contributed by atoms with van der Waals surface area (Å²) in [6.07, 6.45) is 4.29. The van der Waals surface area contributed by atoms with Crippen molar-refractivity contribution in [1.29, 1.82) is 0 Å². The van der Waals surface area contributed by atoms with Gasteiger partial charge < -0.3 is 10.1 Å². The minimum absolute atomic E-state index is 0.460. The first-order valence-corrected chi connectivity index (χ1v) is 8.03. The highest BCUT2D eigenvalue weighted by atomic mass is 16.5. The van der Waals surface area contributed by atoms with E-state index in [0.29, 0.717) is 6.04 Å². The van der Waals surface area contributed by atoms with E-state index in [1.54, 1.807) is 7.11 Å². The van der Waals surface area contributed by atoms with Crippen LogP contribution in [0.5, 0.6) is 5.75 Å². The average Bonchev–Trinajstić information content (AvgIpc) is 3.06. The largest absolute Gasteiger partial charge is 0.496 e. The van der Waals surface area contributed by atoms with E-state index in [-0.39, 0.29) is 0 Å². The number of benzene rings is 1. The van der Waals surface area contributed by atoms with E-state index in [4.69, 9.17) is 4.74 Å². The van der Waals surface area contributed by atoms with Crippen molar-refractivity contribution < 1.29 is 4.74 Å². The maximum Gasteiger partial charge on any atom is 0.126 e. The summed E-state index contributed by atoms with van der Waals surface area (Å²) in [5.41, 5.74) is 3.97. The summed E-state index contributed by atoms with van der Waals surface area (Å²) < 4.78 is 5.74. The molecule has 0 aliphatic heterocycles. The Bertz CT molecular complexity index is 486. The molecular formula is C18H27NO. The van der Waals surface area contributed by atoms with E-state index in [9.17, 15) is 0 Å². The van der Waals surface area contributed by atoms with E-state index >= 15 is 0 Å². The Hall–Kier alpha value is -1.02. The second-order valence-corrected chi connectivity index (χ2v) is 6.65. The molecule has 1 aromatic rings. The predicted octanol–water partition coefficient (Wildman–Crippen LogP) is 4.01. The van der Waals surface area contributed by atoms with Crippen LogP contribution in [0, 0.1) is 31.6 Å². The van der Waals surface area contributed by atoms with Crippen molar-refractivity contribution in [1.82, 2.24) is 5.32 Å². The number of ether oxygens (including phenoxy) is 1. The second kappa shape index (κ2) is 5.40. The van der Waals surface area contributed by atoms with Crippen molar-refractivity contribution in [2.24, 2.45) is 17.8 Å². The molecule has 0 saturated heterocycles. The minimum Gasteiger partial charge on any atom is -0.496 e. The lowest BCUT2D eigenvalue weighted by Gasteiger charge is -2.28. The van der Waals surface area contributed by atoms with Crippen molar-refractivity contribution >= 4 is 0 Å². The van der Waals surface area contributed by atoms with Crippen molar-refractivity contribution in [3.8, 4) is 5.75 Å². The third kappa shape index (κ3) is 2.35. The van der Waals surface area contributed by atoms with Crippen LogP contribution in [0.2, 0.25) is 0 Å². The Morgan fingerprint density at radius 2 is 1.90 bits per heavy atom. The molecule has 2 nitrogen and oxygen atoms in total. The quantitative estimate of drug-likeness (QED) is 0.875. The van der Waals surface area contributed by atoms with Crippen LogP contribution in [0.1, 0.15) is 48.9 Å². The molecule has 110 valence electrons. The molecule has 1 N–H and O–H groups in total. The lowest BCUT2D eigenvalue weighted by molar-refractivity contribution is 0.329. The average molecular weight is 273 g/mol. The van der Waals surface area contributed by atoms with Crippen LogP contribution >= 0.6 is 0 Å². The highest BCUT2D eigenvalue weighted by Gasteiger charge is 2.48. The number of aryl methyl sites for hydroxylation is 1. The second-order valence-electron chi connectivity index (χ2n) is 6.65. The van der Waals surface area contributed by atoms with Gasteiger partial charge in [0.05, 0.1) is 7.11 Å². The first kappa shape index (κ1) is 13.9. The van der Waals surface area contributed by atoms with Crippen LogP contribution in [-0.2, 0) is 0 Å². The molecule has 1 aromatic carbocycles. The zero-order valence-electron chi connectivity index (χ0n) is 13.2. The SMILES string of the molecule is CCNC(c1ccc(C)c(C)c1OC)C1CC2CC2C1. The van der Waals surface area contributed by atoms with Crippen molar-refractivity contribution in [3.05, 3.63) is 28.8 Å². The molecular weight excluding hydrogens is 246 g/mol. The molecule has 0 bridgehead atoms. The smallest absolute Gasteiger partial charge is 0.126 e. The van der Waals surface area contributed by atoms with Crippen molar-refractivity contribution in [2.45, 2.75) is 46.1 Å². The van der Waals surface area contributed by atoms with Gasteiger partial charge in [-0.2, -0.15) is 0 Å². The van der Waals surface area contributed by atoms with Crippen molar-refractivity contribution in [3.63, 3.8) is 0 Å². The number of hydrogen-bond donors (Lipinski definition) is 1. The molecule has 0 heterocycles. The third-order valence-corrected chi connectivity index (χ3v) is 5.42. The predicted molar refractivity (Wildman–Crippen MR) is 83.2 cm³/mol. The molecule has 2 heteroatoms. The Morgan fingerprint density at radius 1 is 1.20 bits per heavy atom. The monoisotopic (exact) mass is 273 g/mol. The highest BCUT2D eigenvalue weighted by Crippen LogP contribution is 2.57. The molecule has 2 aliphatic rings. The lowest BCUT2D eigenvalue weighted by atomic mass is 9.87. The molecule has 0 aromatic heterocycles. The zero-order valence-corrected chi connectivity index (χ0v) is 13.2. The normalized spacial score (nSPS) is 29.1.